The fourth-order valence-electron chi connectivity index (χ4n) is 3.30. The second kappa shape index (κ2) is 8.39. The standard InChI is InChI=1S/C21H22O7/c1-12(27-19(24)9-8-13-4-2-5-14(22)10-13)20(25)15-11-16(15)21(26)17-6-3-7-18(23)28-17/h2-5,7-10,12,15-17,21-22,26H,6,11H2,1H3/b9-8-/t12-,15-,16-,17+,21-/m0/s1. The van der Waals surface area contributed by atoms with Gasteiger partial charge in [0.05, 0.1) is 6.10 Å². The lowest BCUT2D eigenvalue weighted by molar-refractivity contribution is -0.152. The first-order chi connectivity index (χ1) is 13.3. The van der Waals surface area contributed by atoms with Crippen LogP contribution in [0, 0.1) is 11.8 Å². The van der Waals surface area contributed by atoms with Crippen LogP contribution in [0.5, 0.6) is 5.75 Å². The molecule has 3 rings (SSSR count). The SMILES string of the molecule is C[C@H](OC(=O)/C=C\c1cccc(O)c1)C(=O)[C@H]1C[C@@H]1[C@H](O)[C@H]1CC=CC(=O)O1. The van der Waals surface area contributed by atoms with E-state index < -0.39 is 36.2 Å². The summed E-state index contributed by atoms with van der Waals surface area (Å²) in [5, 5.41) is 19.7. The van der Waals surface area contributed by atoms with E-state index >= 15 is 0 Å². The molecule has 7 heteroatoms. The number of hydrogen-bond acceptors (Lipinski definition) is 7. The maximum absolute atomic E-state index is 12.5. The molecule has 2 aliphatic rings. The van der Waals surface area contributed by atoms with Gasteiger partial charge in [-0.1, -0.05) is 18.2 Å². The van der Waals surface area contributed by atoms with Crippen LogP contribution in [0.25, 0.3) is 6.08 Å². The van der Waals surface area contributed by atoms with Gasteiger partial charge < -0.3 is 19.7 Å². The van der Waals surface area contributed by atoms with Crippen LogP contribution in [0.4, 0.5) is 0 Å². The smallest absolute Gasteiger partial charge is 0.331 e. The Kier molecular flexibility index (Phi) is 5.94. The number of ketones is 1. The molecule has 1 aromatic rings. The molecule has 1 aromatic carbocycles. The minimum absolute atomic E-state index is 0.0801. The zero-order chi connectivity index (χ0) is 20.3. The minimum Gasteiger partial charge on any atom is -0.508 e. The molecule has 28 heavy (non-hydrogen) atoms. The molecule has 1 fully saturated rings. The number of phenols is 1. The monoisotopic (exact) mass is 386 g/mol. The number of phenolic OH excluding ortho intramolecular Hbond substituents is 1. The van der Waals surface area contributed by atoms with E-state index in [2.05, 4.69) is 0 Å². The summed E-state index contributed by atoms with van der Waals surface area (Å²) in [6, 6.07) is 6.36. The van der Waals surface area contributed by atoms with Crippen molar-refractivity contribution in [3.05, 3.63) is 48.1 Å². The minimum atomic E-state index is -0.947. The number of benzene rings is 1. The van der Waals surface area contributed by atoms with E-state index in [-0.39, 0.29) is 17.5 Å². The van der Waals surface area contributed by atoms with Crippen LogP contribution in [0.15, 0.2) is 42.5 Å². The Balaban J connectivity index is 1.49. The van der Waals surface area contributed by atoms with Crippen molar-refractivity contribution in [1.82, 2.24) is 0 Å². The Morgan fingerprint density at radius 1 is 1.36 bits per heavy atom. The highest BCUT2D eigenvalue weighted by Gasteiger charge is 2.51. The zero-order valence-electron chi connectivity index (χ0n) is 15.4. The summed E-state index contributed by atoms with van der Waals surface area (Å²) < 4.78 is 10.2. The van der Waals surface area contributed by atoms with Gasteiger partial charge in [0.1, 0.15) is 11.9 Å². The van der Waals surface area contributed by atoms with Crippen molar-refractivity contribution in [2.75, 3.05) is 0 Å². The summed E-state index contributed by atoms with van der Waals surface area (Å²) in [4.78, 5) is 35.7. The predicted octanol–water partition coefficient (Wildman–Crippen LogP) is 1.77. The number of carbonyl (C=O) groups excluding carboxylic acids is 3. The third-order valence-corrected chi connectivity index (χ3v) is 4.89. The Labute approximate surface area is 162 Å². The molecule has 0 unspecified atom stereocenters. The largest absolute Gasteiger partial charge is 0.508 e. The topological polar surface area (TPSA) is 110 Å². The van der Waals surface area contributed by atoms with Gasteiger partial charge in [-0.05, 0) is 43.0 Å². The number of aliphatic hydroxyl groups is 1. The highest BCUT2D eigenvalue weighted by molar-refractivity contribution is 5.93. The van der Waals surface area contributed by atoms with Crippen molar-refractivity contribution in [3.63, 3.8) is 0 Å². The summed E-state index contributed by atoms with van der Waals surface area (Å²) in [5.41, 5.74) is 0.623. The summed E-state index contributed by atoms with van der Waals surface area (Å²) >= 11 is 0. The summed E-state index contributed by atoms with van der Waals surface area (Å²) in [6.07, 6.45) is 3.98. The first-order valence-electron chi connectivity index (χ1n) is 9.12. The molecule has 148 valence electrons. The molecule has 1 aliphatic carbocycles. The van der Waals surface area contributed by atoms with E-state index in [1.54, 1.807) is 18.2 Å². The molecule has 0 bridgehead atoms. The molecule has 0 radical (unpaired) electrons. The highest BCUT2D eigenvalue weighted by atomic mass is 16.6. The number of carbonyl (C=O) groups is 3. The van der Waals surface area contributed by atoms with Crippen LogP contribution in [0.2, 0.25) is 0 Å². The number of esters is 2. The molecular weight excluding hydrogens is 364 g/mol. The number of rotatable bonds is 7. The lowest BCUT2D eigenvalue weighted by Gasteiger charge is -2.24. The molecule has 5 atom stereocenters. The van der Waals surface area contributed by atoms with Gasteiger partial charge >= 0.3 is 11.9 Å². The van der Waals surface area contributed by atoms with Crippen molar-refractivity contribution < 1.29 is 34.1 Å². The molecule has 2 N–H and O–H groups in total. The average molecular weight is 386 g/mol. The normalized spacial score (nSPS) is 25.8. The Bertz CT molecular complexity index is 826. The van der Waals surface area contributed by atoms with E-state index in [0.29, 0.717) is 18.4 Å². The molecular formula is C21H22O7. The lowest BCUT2D eigenvalue weighted by Crippen LogP contribution is -2.35. The molecule has 0 aromatic heterocycles. The van der Waals surface area contributed by atoms with E-state index in [1.807, 2.05) is 0 Å². The van der Waals surface area contributed by atoms with E-state index in [1.165, 1.54) is 37.3 Å². The van der Waals surface area contributed by atoms with E-state index in [0.717, 1.165) is 0 Å². The van der Waals surface area contributed by atoms with Crippen LogP contribution < -0.4 is 0 Å². The fourth-order valence-corrected chi connectivity index (χ4v) is 3.30. The summed E-state index contributed by atoms with van der Waals surface area (Å²) in [6.45, 7) is 1.49. The van der Waals surface area contributed by atoms with Crippen molar-refractivity contribution in [2.24, 2.45) is 11.8 Å². The zero-order valence-corrected chi connectivity index (χ0v) is 15.4. The van der Waals surface area contributed by atoms with Gasteiger partial charge in [0.15, 0.2) is 11.9 Å². The predicted molar refractivity (Wildman–Crippen MR) is 98.9 cm³/mol. The van der Waals surface area contributed by atoms with Crippen molar-refractivity contribution in [2.45, 2.75) is 38.1 Å². The highest BCUT2D eigenvalue weighted by Crippen LogP contribution is 2.44. The van der Waals surface area contributed by atoms with E-state index in [9.17, 15) is 24.6 Å². The number of ether oxygens (including phenoxy) is 2. The number of hydrogen-bond donors (Lipinski definition) is 2. The van der Waals surface area contributed by atoms with Crippen molar-refractivity contribution in [1.29, 1.82) is 0 Å². The van der Waals surface area contributed by atoms with Crippen LogP contribution in [-0.4, -0.2) is 46.2 Å². The van der Waals surface area contributed by atoms with Gasteiger partial charge in [0, 0.05) is 24.5 Å². The fraction of sp³-hybridized carbons (Fsp3) is 0.381. The van der Waals surface area contributed by atoms with Gasteiger partial charge in [-0.2, -0.15) is 0 Å². The molecule has 7 nitrogen and oxygen atoms in total. The molecule has 1 saturated carbocycles. The quantitative estimate of drug-likeness (QED) is 0.543. The van der Waals surface area contributed by atoms with Crippen LogP contribution >= 0.6 is 0 Å². The van der Waals surface area contributed by atoms with Gasteiger partial charge in [-0.3, -0.25) is 4.79 Å². The third-order valence-electron chi connectivity index (χ3n) is 4.89. The summed E-state index contributed by atoms with van der Waals surface area (Å²) in [7, 11) is 0. The Hall–Kier alpha value is -2.93. The van der Waals surface area contributed by atoms with Crippen LogP contribution in [0.3, 0.4) is 0 Å². The van der Waals surface area contributed by atoms with Crippen LogP contribution in [-0.2, 0) is 23.9 Å². The second-order valence-corrected chi connectivity index (χ2v) is 7.02. The second-order valence-electron chi connectivity index (χ2n) is 7.02. The molecule has 1 aliphatic heterocycles. The average Bonchev–Trinajstić information content (AvgIpc) is 3.46. The van der Waals surface area contributed by atoms with Crippen molar-refractivity contribution >= 4 is 23.8 Å². The maximum Gasteiger partial charge on any atom is 0.331 e. The molecule has 0 spiro atoms. The first kappa shape index (κ1) is 19.8. The number of Topliss-reactive ketones (excluding diaryl/α,β-unsaturated/α-hetero) is 1. The number of aromatic hydroxyl groups is 1. The molecule has 0 amide bonds. The van der Waals surface area contributed by atoms with Gasteiger partial charge in [0.25, 0.3) is 0 Å². The number of cyclic esters (lactones) is 1. The Morgan fingerprint density at radius 3 is 2.86 bits per heavy atom. The van der Waals surface area contributed by atoms with Crippen molar-refractivity contribution in [3.8, 4) is 5.75 Å². The maximum atomic E-state index is 12.5. The Morgan fingerprint density at radius 2 is 2.14 bits per heavy atom. The van der Waals surface area contributed by atoms with Gasteiger partial charge in [-0.25, -0.2) is 9.59 Å². The third kappa shape index (κ3) is 4.86. The van der Waals surface area contributed by atoms with E-state index in [4.69, 9.17) is 9.47 Å². The lowest BCUT2D eigenvalue weighted by atomic mass is 10.0. The summed E-state index contributed by atoms with van der Waals surface area (Å²) in [5.74, 6) is -2.08. The van der Waals surface area contributed by atoms with Gasteiger partial charge in [-0.15, -0.1) is 0 Å². The van der Waals surface area contributed by atoms with Gasteiger partial charge in [0.2, 0.25) is 0 Å². The van der Waals surface area contributed by atoms with Crippen LogP contribution in [0.1, 0.15) is 25.3 Å². The molecule has 1 heterocycles. The number of aliphatic hydroxyl groups excluding tert-OH is 1. The molecule has 0 saturated heterocycles. The first-order valence-corrected chi connectivity index (χ1v) is 9.12.